The third kappa shape index (κ3) is 12.6. The predicted molar refractivity (Wildman–Crippen MR) is 245 cm³/mol. The third-order valence-electron chi connectivity index (χ3n) is 12.0. The topological polar surface area (TPSA) is 194 Å². The van der Waals surface area contributed by atoms with Crippen molar-refractivity contribution in [3.63, 3.8) is 0 Å². The minimum Gasteiger partial charge on any atom is -0.496 e. The average molecular weight is 890 g/mol. The first kappa shape index (κ1) is 48.0. The van der Waals surface area contributed by atoms with Gasteiger partial charge in [-0.05, 0) is 66.6 Å². The first-order chi connectivity index (χ1) is 31.3. The molecule has 0 bridgehead atoms. The van der Waals surface area contributed by atoms with Crippen molar-refractivity contribution in [3.05, 3.63) is 84.2 Å². The van der Waals surface area contributed by atoms with Gasteiger partial charge in [0.25, 0.3) is 5.91 Å². The number of halogens is 1. The van der Waals surface area contributed by atoms with E-state index in [-0.39, 0.29) is 40.6 Å². The van der Waals surface area contributed by atoms with E-state index in [1.165, 1.54) is 31.5 Å². The number of anilines is 2. The molecule has 2 aromatic heterocycles. The lowest BCUT2D eigenvalue weighted by molar-refractivity contribution is -0.138. The van der Waals surface area contributed by atoms with Gasteiger partial charge in [0.05, 0.1) is 41.8 Å². The molecule has 0 saturated carbocycles. The first-order valence-corrected chi connectivity index (χ1v) is 22.5. The number of hydrogen-bond acceptors (Lipinski definition) is 11. The summed E-state index contributed by atoms with van der Waals surface area (Å²) in [7, 11) is 1.42. The fourth-order valence-corrected chi connectivity index (χ4v) is 8.28. The van der Waals surface area contributed by atoms with Crippen molar-refractivity contribution >= 4 is 35.0 Å². The number of nitrogens with one attached hydrogen (secondary N) is 2. The van der Waals surface area contributed by atoms with Crippen LogP contribution in [0.4, 0.5) is 15.8 Å². The molecule has 2 saturated heterocycles. The number of unbranched alkanes of at least 4 members (excludes halogenated alkanes) is 6. The van der Waals surface area contributed by atoms with Crippen LogP contribution in [0.1, 0.15) is 101 Å². The number of amides is 4. The summed E-state index contributed by atoms with van der Waals surface area (Å²) in [6, 6.07) is 14.5. The number of carbonyl (C=O) groups excluding carboxylic acids is 4. The number of aromatic nitrogens is 3. The van der Waals surface area contributed by atoms with Gasteiger partial charge in [0, 0.05) is 76.3 Å². The van der Waals surface area contributed by atoms with Crippen LogP contribution < -0.4 is 20.3 Å². The maximum Gasteiger partial charge on any atom is 0.274 e. The number of nitriles is 1. The number of methoxy groups -OCH3 is 1. The molecule has 0 radical (unpaired) electrons. The van der Waals surface area contributed by atoms with Crippen molar-refractivity contribution in [2.24, 2.45) is 5.41 Å². The highest BCUT2D eigenvalue weighted by molar-refractivity contribution is 6.05. The Kier molecular flexibility index (Phi) is 16.6. The zero-order chi connectivity index (χ0) is 46.5. The second kappa shape index (κ2) is 22.4. The number of piperazine rings is 1. The van der Waals surface area contributed by atoms with E-state index >= 15 is 0 Å². The van der Waals surface area contributed by atoms with Crippen molar-refractivity contribution in [2.75, 3.05) is 56.6 Å². The standard InChI is InChI=1S/C49H60FN9O6/c1-49(2,3)45(48(64)59-24-21-35(60)32-59)56-42(61)15-10-8-6-5-7-9-11-16-43(62)58-27-25-57(26-28-58)40-29-33(36-31-52-22-19-34(36)30-51)17-18-38(40)55-47(63)39-20-23-53-46(54-39)44-37(50)13-12-14-41(44)65-4/h12-14,17-20,22-23,29,31,35,45,60H,5-11,15-16,21,24-28,32H2,1-4H3,(H,55,63)(H,56,61)/t35-,45-/m1/s1. The number of carbonyl (C=O) groups is 4. The van der Waals surface area contributed by atoms with E-state index in [2.05, 4.69) is 36.6 Å². The number of aliphatic hydroxyl groups excluding tert-OH is 1. The van der Waals surface area contributed by atoms with E-state index in [0.29, 0.717) is 81.0 Å². The van der Waals surface area contributed by atoms with Crippen LogP contribution in [0.25, 0.3) is 22.5 Å². The Morgan fingerprint density at radius 2 is 1.65 bits per heavy atom. The number of ether oxygens (including phenoxy) is 1. The van der Waals surface area contributed by atoms with Crippen LogP contribution in [0.5, 0.6) is 5.75 Å². The van der Waals surface area contributed by atoms with E-state index < -0.39 is 29.3 Å². The van der Waals surface area contributed by atoms with E-state index in [9.17, 15) is 33.9 Å². The molecule has 16 heteroatoms. The summed E-state index contributed by atoms with van der Waals surface area (Å²) in [6.07, 6.45) is 11.8. The third-order valence-corrected chi connectivity index (χ3v) is 12.0. The van der Waals surface area contributed by atoms with Gasteiger partial charge >= 0.3 is 0 Å². The number of likely N-dealkylation sites (tertiary alicyclic amines) is 1. The van der Waals surface area contributed by atoms with Crippen molar-refractivity contribution in [1.29, 1.82) is 5.26 Å². The van der Waals surface area contributed by atoms with Crippen LogP contribution in [0.15, 0.2) is 67.1 Å². The number of β-amino-alcohol motifs (C(OH)–C–C–N with tert-alkyl or cyclic N) is 1. The van der Waals surface area contributed by atoms with Gasteiger partial charge in [0.15, 0.2) is 5.82 Å². The molecule has 344 valence electrons. The van der Waals surface area contributed by atoms with Crippen LogP contribution in [0.2, 0.25) is 0 Å². The SMILES string of the molecule is COc1cccc(F)c1-c1nccc(C(=O)Nc2ccc(-c3cnccc3C#N)cc2N2CCN(C(=O)CCCCCCCCCC(=O)N[C@H](C(=O)N3CC[C@@H](O)C3)C(C)(C)C)CC2)n1. The molecule has 2 atom stereocenters. The fraction of sp³-hybridized carbons (Fsp3) is 0.469. The van der Waals surface area contributed by atoms with Crippen LogP contribution in [0.3, 0.4) is 0 Å². The maximum absolute atomic E-state index is 14.9. The highest BCUT2D eigenvalue weighted by atomic mass is 19.1. The molecule has 2 aliphatic rings. The Morgan fingerprint density at radius 1 is 0.923 bits per heavy atom. The molecular formula is C49H60FN9O6. The van der Waals surface area contributed by atoms with Crippen LogP contribution in [0, 0.1) is 22.6 Å². The molecule has 4 aromatic rings. The molecule has 0 unspecified atom stereocenters. The molecule has 6 rings (SSSR count). The van der Waals surface area contributed by atoms with E-state index in [0.717, 1.165) is 50.5 Å². The lowest BCUT2D eigenvalue weighted by atomic mass is 9.85. The lowest BCUT2D eigenvalue weighted by Gasteiger charge is -2.37. The highest BCUT2D eigenvalue weighted by Crippen LogP contribution is 2.35. The minimum atomic E-state index is -0.637. The van der Waals surface area contributed by atoms with Crippen molar-refractivity contribution in [1.82, 2.24) is 30.1 Å². The van der Waals surface area contributed by atoms with Crippen molar-refractivity contribution in [3.8, 4) is 34.3 Å². The quantitative estimate of drug-likeness (QED) is 0.0894. The van der Waals surface area contributed by atoms with Crippen molar-refractivity contribution in [2.45, 2.75) is 97.1 Å². The molecule has 3 N–H and O–H groups in total. The van der Waals surface area contributed by atoms with Crippen LogP contribution in [-0.2, 0) is 14.4 Å². The Labute approximate surface area is 380 Å². The van der Waals surface area contributed by atoms with Gasteiger partial charge < -0.3 is 35.2 Å². The van der Waals surface area contributed by atoms with Crippen LogP contribution in [-0.4, -0.2) is 112 Å². The summed E-state index contributed by atoms with van der Waals surface area (Å²) in [4.78, 5) is 71.4. The molecule has 2 aromatic carbocycles. The van der Waals surface area contributed by atoms with Gasteiger partial charge in [-0.25, -0.2) is 14.4 Å². The summed E-state index contributed by atoms with van der Waals surface area (Å²) in [6.45, 7) is 8.62. The Hall–Kier alpha value is -6.47. The minimum absolute atomic E-state index is 0.000936. The predicted octanol–water partition coefficient (Wildman–Crippen LogP) is 6.76. The van der Waals surface area contributed by atoms with Gasteiger partial charge in [0.1, 0.15) is 23.3 Å². The second-order valence-corrected chi connectivity index (χ2v) is 17.7. The Morgan fingerprint density at radius 3 is 2.32 bits per heavy atom. The highest BCUT2D eigenvalue weighted by Gasteiger charge is 2.38. The van der Waals surface area contributed by atoms with Gasteiger partial charge in [-0.15, -0.1) is 0 Å². The zero-order valence-corrected chi connectivity index (χ0v) is 37.8. The zero-order valence-electron chi connectivity index (χ0n) is 37.8. The second-order valence-electron chi connectivity index (χ2n) is 17.7. The normalized spacial score (nSPS) is 15.6. The maximum atomic E-state index is 14.9. The van der Waals surface area contributed by atoms with Crippen molar-refractivity contribution < 1.29 is 33.4 Å². The first-order valence-electron chi connectivity index (χ1n) is 22.5. The Balaban J connectivity index is 0.977. The van der Waals surface area contributed by atoms with E-state index in [1.807, 2.05) is 37.8 Å². The fourth-order valence-electron chi connectivity index (χ4n) is 8.28. The lowest BCUT2D eigenvalue weighted by Crippen LogP contribution is -2.54. The van der Waals surface area contributed by atoms with Gasteiger partial charge in [-0.3, -0.25) is 24.2 Å². The number of benzene rings is 2. The van der Waals surface area contributed by atoms with E-state index in [1.54, 1.807) is 35.5 Å². The summed E-state index contributed by atoms with van der Waals surface area (Å²) < 4.78 is 20.2. The molecule has 2 fully saturated rings. The number of rotatable bonds is 18. The van der Waals surface area contributed by atoms with E-state index in [4.69, 9.17) is 4.74 Å². The number of pyridine rings is 1. The number of nitrogens with zero attached hydrogens (tertiary/aromatic N) is 7. The monoisotopic (exact) mass is 889 g/mol. The molecule has 2 aliphatic heterocycles. The molecule has 65 heavy (non-hydrogen) atoms. The summed E-state index contributed by atoms with van der Waals surface area (Å²) >= 11 is 0. The summed E-state index contributed by atoms with van der Waals surface area (Å²) in [5.41, 5.74) is 2.64. The smallest absolute Gasteiger partial charge is 0.274 e. The summed E-state index contributed by atoms with van der Waals surface area (Å²) in [5, 5.41) is 25.6. The largest absolute Gasteiger partial charge is 0.496 e. The van der Waals surface area contributed by atoms with Gasteiger partial charge in [-0.1, -0.05) is 65.0 Å². The molecule has 15 nitrogen and oxygen atoms in total. The van der Waals surface area contributed by atoms with Gasteiger partial charge in [0.2, 0.25) is 17.7 Å². The van der Waals surface area contributed by atoms with Gasteiger partial charge in [-0.2, -0.15) is 5.26 Å². The number of aliphatic hydroxyl groups is 1. The number of hydrogen-bond donors (Lipinski definition) is 3. The molecule has 4 heterocycles. The molecule has 0 spiro atoms. The Bertz CT molecular complexity index is 2360. The molecule has 0 aliphatic carbocycles. The molecule has 4 amide bonds. The molecular weight excluding hydrogens is 830 g/mol. The van der Waals surface area contributed by atoms with Crippen LogP contribution >= 0.6 is 0 Å². The average Bonchev–Trinajstić information content (AvgIpc) is 3.75. The summed E-state index contributed by atoms with van der Waals surface area (Å²) in [5.74, 6) is -1.05.